The van der Waals surface area contributed by atoms with Crippen molar-refractivity contribution in [3.63, 3.8) is 0 Å². The third-order valence-corrected chi connectivity index (χ3v) is 4.43. The zero-order chi connectivity index (χ0) is 19.9. The molecular weight excluding hydrogens is 350 g/mol. The van der Waals surface area contributed by atoms with Gasteiger partial charge in [0.15, 0.2) is 0 Å². The number of aryl methyl sites for hydroxylation is 2. The van der Waals surface area contributed by atoms with Gasteiger partial charge in [0.1, 0.15) is 18.1 Å². The lowest BCUT2D eigenvalue weighted by molar-refractivity contribution is 0.0950. The third-order valence-electron chi connectivity index (χ3n) is 4.43. The highest BCUT2D eigenvalue weighted by molar-refractivity contribution is 5.94. The van der Waals surface area contributed by atoms with E-state index in [0.717, 1.165) is 28.0 Å². The standard InChI is InChI=1S/C24H25NO3/c1-17-11-18(2)13-22(12-17)28-16-21-14-20(9-10-23(21)27-3)24(26)25-15-19-7-5-4-6-8-19/h4-14H,15-16H2,1-3H3,(H,25,26). The summed E-state index contributed by atoms with van der Waals surface area (Å²) in [7, 11) is 1.62. The number of benzene rings is 3. The van der Waals surface area contributed by atoms with Crippen molar-refractivity contribution in [3.8, 4) is 11.5 Å². The Balaban J connectivity index is 1.71. The summed E-state index contributed by atoms with van der Waals surface area (Å²) in [6, 6.07) is 21.3. The van der Waals surface area contributed by atoms with Crippen molar-refractivity contribution in [1.82, 2.24) is 5.32 Å². The van der Waals surface area contributed by atoms with Gasteiger partial charge in [0, 0.05) is 17.7 Å². The molecule has 0 saturated heterocycles. The Hall–Kier alpha value is -3.27. The fraction of sp³-hybridized carbons (Fsp3) is 0.208. The largest absolute Gasteiger partial charge is 0.496 e. The van der Waals surface area contributed by atoms with Crippen LogP contribution in [-0.4, -0.2) is 13.0 Å². The van der Waals surface area contributed by atoms with Crippen molar-refractivity contribution in [3.05, 3.63) is 94.5 Å². The smallest absolute Gasteiger partial charge is 0.251 e. The Morgan fingerprint density at radius 3 is 2.32 bits per heavy atom. The van der Waals surface area contributed by atoms with E-state index in [-0.39, 0.29) is 5.91 Å². The second kappa shape index (κ2) is 9.09. The number of hydrogen-bond donors (Lipinski definition) is 1. The van der Waals surface area contributed by atoms with E-state index in [4.69, 9.17) is 9.47 Å². The molecule has 0 aliphatic heterocycles. The van der Waals surface area contributed by atoms with E-state index in [9.17, 15) is 4.79 Å². The van der Waals surface area contributed by atoms with Crippen molar-refractivity contribution >= 4 is 5.91 Å². The van der Waals surface area contributed by atoms with Gasteiger partial charge in [0.2, 0.25) is 0 Å². The lowest BCUT2D eigenvalue weighted by Crippen LogP contribution is -2.23. The Morgan fingerprint density at radius 1 is 0.929 bits per heavy atom. The molecule has 0 unspecified atom stereocenters. The lowest BCUT2D eigenvalue weighted by Gasteiger charge is -2.13. The molecule has 1 N–H and O–H groups in total. The van der Waals surface area contributed by atoms with Crippen molar-refractivity contribution in [1.29, 1.82) is 0 Å². The summed E-state index contributed by atoms with van der Waals surface area (Å²) in [4.78, 5) is 12.5. The number of carbonyl (C=O) groups excluding carboxylic acids is 1. The van der Waals surface area contributed by atoms with Gasteiger partial charge in [0.25, 0.3) is 5.91 Å². The molecule has 3 aromatic carbocycles. The van der Waals surface area contributed by atoms with Crippen LogP contribution in [-0.2, 0) is 13.2 Å². The summed E-state index contributed by atoms with van der Waals surface area (Å²) >= 11 is 0. The maximum Gasteiger partial charge on any atom is 0.251 e. The highest BCUT2D eigenvalue weighted by atomic mass is 16.5. The quantitative estimate of drug-likeness (QED) is 0.644. The summed E-state index contributed by atoms with van der Waals surface area (Å²) in [5.74, 6) is 1.38. The van der Waals surface area contributed by atoms with Crippen LogP contribution in [0, 0.1) is 13.8 Å². The van der Waals surface area contributed by atoms with Gasteiger partial charge in [0.05, 0.1) is 7.11 Å². The first-order chi connectivity index (χ1) is 13.5. The van der Waals surface area contributed by atoms with E-state index < -0.39 is 0 Å². The predicted molar refractivity (Wildman–Crippen MR) is 111 cm³/mol. The number of hydrogen-bond acceptors (Lipinski definition) is 3. The Labute approximate surface area is 166 Å². The first-order valence-electron chi connectivity index (χ1n) is 9.25. The summed E-state index contributed by atoms with van der Waals surface area (Å²) in [6.07, 6.45) is 0. The van der Waals surface area contributed by atoms with Crippen LogP contribution in [0.4, 0.5) is 0 Å². The number of rotatable bonds is 7. The first-order valence-corrected chi connectivity index (χ1v) is 9.25. The molecule has 0 heterocycles. The van der Waals surface area contributed by atoms with Crippen molar-refractivity contribution < 1.29 is 14.3 Å². The minimum Gasteiger partial charge on any atom is -0.496 e. The van der Waals surface area contributed by atoms with Crippen LogP contribution in [0.15, 0.2) is 66.7 Å². The number of methoxy groups -OCH3 is 1. The molecule has 0 saturated carbocycles. The fourth-order valence-corrected chi connectivity index (χ4v) is 3.09. The number of carbonyl (C=O) groups is 1. The molecule has 4 nitrogen and oxygen atoms in total. The highest BCUT2D eigenvalue weighted by Crippen LogP contribution is 2.23. The molecule has 0 bridgehead atoms. The SMILES string of the molecule is COc1ccc(C(=O)NCc2ccccc2)cc1COc1cc(C)cc(C)c1. The van der Waals surface area contributed by atoms with Gasteiger partial charge in [-0.3, -0.25) is 4.79 Å². The van der Waals surface area contributed by atoms with Gasteiger partial charge in [-0.1, -0.05) is 36.4 Å². The van der Waals surface area contributed by atoms with Crippen LogP contribution in [0.3, 0.4) is 0 Å². The summed E-state index contributed by atoms with van der Waals surface area (Å²) in [6.45, 7) is 4.89. The Kier molecular flexibility index (Phi) is 6.33. The molecule has 0 fully saturated rings. The van der Waals surface area contributed by atoms with Gasteiger partial charge in [-0.15, -0.1) is 0 Å². The third kappa shape index (κ3) is 5.13. The number of amides is 1. The summed E-state index contributed by atoms with van der Waals surface area (Å²) < 4.78 is 11.4. The van der Waals surface area contributed by atoms with Gasteiger partial charge >= 0.3 is 0 Å². The zero-order valence-corrected chi connectivity index (χ0v) is 16.5. The van der Waals surface area contributed by atoms with Gasteiger partial charge in [-0.05, 0) is 60.9 Å². The minimum atomic E-state index is -0.126. The van der Waals surface area contributed by atoms with Crippen LogP contribution < -0.4 is 14.8 Å². The van der Waals surface area contributed by atoms with Crippen LogP contribution in [0.5, 0.6) is 11.5 Å². The molecule has 0 aliphatic rings. The fourth-order valence-electron chi connectivity index (χ4n) is 3.09. The first kappa shape index (κ1) is 19.5. The maximum atomic E-state index is 12.5. The van der Waals surface area contributed by atoms with Gasteiger partial charge in [-0.2, -0.15) is 0 Å². The molecule has 0 aromatic heterocycles. The Bertz CT molecular complexity index is 931. The molecule has 3 aromatic rings. The molecule has 3 rings (SSSR count). The molecule has 0 aliphatic carbocycles. The van der Waals surface area contributed by atoms with Crippen molar-refractivity contribution in [2.45, 2.75) is 27.0 Å². The number of ether oxygens (including phenoxy) is 2. The van der Waals surface area contributed by atoms with E-state index in [1.54, 1.807) is 19.2 Å². The van der Waals surface area contributed by atoms with Crippen LogP contribution >= 0.6 is 0 Å². The average Bonchev–Trinajstić information content (AvgIpc) is 2.70. The molecule has 1 amide bonds. The van der Waals surface area contributed by atoms with Crippen LogP contribution in [0.2, 0.25) is 0 Å². The molecule has 28 heavy (non-hydrogen) atoms. The molecule has 0 radical (unpaired) electrons. The maximum absolute atomic E-state index is 12.5. The summed E-state index contributed by atoms with van der Waals surface area (Å²) in [5.41, 5.74) is 4.76. The molecule has 0 spiro atoms. The Morgan fingerprint density at radius 2 is 1.64 bits per heavy atom. The second-order valence-corrected chi connectivity index (χ2v) is 6.81. The predicted octanol–water partition coefficient (Wildman–Crippen LogP) is 4.82. The highest BCUT2D eigenvalue weighted by Gasteiger charge is 2.11. The van der Waals surface area contributed by atoms with E-state index in [2.05, 4.69) is 11.4 Å². The van der Waals surface area contributed by atoms with E-state index in [0.29, 0.717) is 24.5 Å². The zero-order valence-electron chi connectivity index (χ0n) is 16.5. The average molecular weight is 375 g/mol. The summed E-state index contributed by atoms with van der Waals surface area (Å²) in [5, 5.41) is 2.95. The normalized spacial score (nSPS) is 10.4. The topological polar surface area (TPSA) is 47.6 Å². The number of nitrogens with one attached hydrogen (secondary N) is 1. The van der Waals surface area contributed by atoms with Gasteiger partial charge in [-0.25, -0.2) is 0 Å². The van der Waals surface area contributed by atoms with E-state index >= 15 is 0 Å². The minimum absolute atomic E-state index is 0.126. The van der Waals surface area contributed by atoms with Crippen molar-refractivity contribution in [2.75, 3.05) is 7.11 Å². The van der Waals surface area contributed by atoms with Crippen LogP contribution in [0.25, 0.3) is 0 Å². The van der Waals surface area contributed by atoms with E-state index in [1.807, 2.05) is 62.4 Å². The molecule has 144 valence electrons. The van der Waals surface area contributed by atoms with Gasteiger partial charge < -0.3 is 14.8 Å². The van der Waals surface area contributed by atoms with Crippen LogP contribution in [0.1, 0.15) is 32.6 Å². The lowest BCUT2D eigenvalue weighted by atomic mass is 10.1. The molecule has 0 atom stereocenters. The molecule has 4 heteroatoms. The second-order valence-electron chi connectivity index (χ2n) is 6.81. The molecular formula is C24H25NO3. The van der Waals surface area contributed by atoms with Crippen molar-refractivity contribution in [2.24, 2.45) is 0 Å². The van der Waals surface area contributed by atoms with E-state index in [1.165, 1.54) is 0 Å². The monoisotopic (exact) mass is 375 g/mol.